The molecule has 0 aromatic heterocycles. The zero-order valence-corrected chi connectivity index (χ0v) is 37.7. The van der Waals surface area contributed by atoms with Crippen LogP contribution in [0.4, 0.5) is 56.9 Å². The Balaban J connectivity index is 0.911. The van der Waals surface area contributed by atoms with Crippen molar-refractivity contribution < 1.29 is 35.8 Å². The number of azo groups is 4. The highest BCUT2D eigenvalue weighted by molar-refractivity contribution is 7.86. The van der Waals surface area contributed by atoms with Crippen LogP contribution in [0.3, 0.4) is 0 Å². The van der Waals surface area contributed by atoms with Crippen LogP contribution < -0.4 is 10.1 Å². The van der Waals surface area contributed by atoms with Crippen molar-refractivity contribution in [3.63, 3.8) is 0 Å². The summed E-state index contributed by atoms with van der Waals surface area (Å²) < 4.78 is 73.2. The van der Waals surface area contributed by atoms with Gasteiger partial charge in [-0.25, -0.2) is 0 Å². The van der Waals surface area contributed by atoms with Crippen molar-refractivity contribution >= 4 is 98.7 Å². The Hall–Kier alpha value is -8.10. The molecule has 0 saturated carbocycles. The number of rotatable bonds is 13. The van der Waals surface area contributed by atoms with Gasteiger partial charge in [0.1, 0.15) is 26.9 Å². The molecule has 8 rings (SSSR count). The quantitative estimate of drug-likeness (QED) is 0.0633. The molecule has 0 bridgehead atoms. The van der Waals surface area contributed by atoms with E-state index in [1.807, 2.05) is 74.5 Å². The minimum atomic E-state index is -4.80. The molecule has 0 saturated heterocycles. The first kappa shape index (κ1) is 45.5. The number of aryl methyl sites for hydroxylation is 3. The van der Waals surface area contributed by atoms with Crippen LogP contribution in [0, 0.1) is 20.8 Å². The third kappa shape index (κ3) is 10.6. The van der Waals surface area contributed by atoms with Gasteiger partial charge in [0.25, 0.3) is 20.2 Å². The van der Waals surface area contributed by atoms with E-state index < -0.39 is 30.0 Å². The second-order valence-electron chi connectivity index (χ2n) is 15.2. The topological polar surface area (TPSA) is 249 Å². The number of fused-ring (bicyclic) bond motifs is 2. The molecule has 0 aliphatic carbocycles. The van der Waals surface area contributed by atoms with Gasteiger partial charge in [0.15, 0.2) is 5.75 Å². The summed E-state index contributed by atoms with van der Waals surface area (Å²) in [6.45, 7) is 5.49. The molecule has 4 N–H and O–H groups in total. The Labute approximate surface area is 384 Å². The van der Waals surface area contributed by atoms with Crippen LogP contribution >= 0.6 is 0 Å². The van der Waals surface area contributed by atoms with Crippen LogP contribution in [0.15, 0.2) is 190 Å². The number of ether oxygens (including phenoxy) is 1. The molecule has 8 aromatic carbocycles. The van der Waals surface area contributed by atoms with Gasteiger partial charge in [-0.2, -0.15) is 47.5 Å². The zero-order valence-electron chi connectivity index (χ0n) is 36.1. The summed E-state index contributed by atoms with van der Waals surface area (Å²) in [4.78, 5) is -1.05. The number of anilines is 2. The Morgan fingerprint density at radius 3 is 1.45 bits per heavy atom. The van der Waals surface area contributed by atoms with Crippen molar-refractivity contribution in [2.75, 3.05) is 12.4 Å². The molecule has 0 aliphatic rings. The number of benzene rings is 8. The number of aromatic hydroxyl groups is 1. The van der Waals surface area contributed by atoms with E-state index in [2.05, 4.69) is 46.2 Å². The number of hydrogen-bond acceptors (Lipinski definition) is 15. The lowest BCUT2D eigenvalue weighted by Crippen LogP contribution is -2.01. The average Bonchev–Trinajstić information content (AvgIpc) is 3.29. The molecule has 0 heterocycles. The van der Waals surface area contributed by atoms with Crippen LogP contribution in [0.1, 0.15) is 16.7 Å². The molecule has 336 valence electrons. The Bertz CT molecular complexity index is 3600. The summed E-state index contributed by atoms with van der Waals surface area (Å²) >= 11 is 0. The average molecular weight is 934 g/mol. The number of hydrogen-bond donors (Lipinski definition) is 4. The standard InChI is InChI=1S/C48H39N9O8S2/c1-28-22-35(50-54-42-20-13-37(23-29(42)2)52-56-44-18-8-32-25-34(11-17-39(32)48(44)58)49-33-9-15-38(65-4)16-10-33)12-19-41(28)53-51-36-14-21-43(30(3)24-36)55-57-45-27-40-31(26-47(45)67(62,63)64)6-5-7-46(40)66(59,60)61/h5-27,49,58H,1-4H3,(H,59,60,61)(H,62,63,64). The van der Waals surface area contributed by atoms with Crippen LogP contribution in [0.5, 0.6) is 11.5 Å². The minimum absolute atomic E-state index is 0.0112. The molecule has 0 spiro atoms. The van der Waals surface area contributed by atoms with Gasteiger partial charge in [0.05, 0.1) is 41.2 Å². The summed E-state index contributed by atoms with van der Waals surface area (Å²) in [5, 5.41) is 50.5. The van der Waals surface area contributed by atoms with Crippen molar-refractivity contribution in [1.29, 1.82) is 0 Å². The first-order valence-electron chi connectivity index (χ1n) is 20.2. The van der Waals surface area contributed by atoms with E-state index in [1.54, 1.807) is 62.6 Å². The van der Waals surface area contributed by atoms with E-state index >= 15 is 0 Å². The van der Waals surface area contributed by atoms with Crippen LogP contribution in [-0.4, -0.2) is 38.2 Å². The first-order chi connectivity index (χ1) is 32.0. The Morgan fingerprint density at radius 2 is 0.925 bits per heavy atom. The molecule has 0 unspecified atom stereocenters. The molecule has 0 radical (unpaired) electrons. The monoisotopic (exact) mass is 933 g/mol. The summed E-state index contributed by atoms with van der Waals surface area (Å²) in [6, 6.07) is 38.6. The highest BCUT2D eigenvalue weighted by atomic mass is 32.2. The fourth-order valence-electron chi connectivity index (χ4n) is 6.96. The lowest BCUT2D eigenvalue weighted by molar-refractivity contribution is 0.415. The van der Waals surface area contributed by atoms with E-state index in [4.69, 9.17) is 4.74 Å². The molecule has 67 heavy (non-hydrogen) atoms. The highest BCUT2D eigenvalue weighted by Gasteiger charge is 2.21. The maximum Gasteiger partial charge on any atom is 0.296 e. The summed E-state index contributed by atoms with van der Waals surface area (Å²) in [7, 11) is -7.84. The highest BCUT2D eigenvalue weighted by Crippen LogP contribution is 2.39. The van der Waals surface area contributed by atoms with E-state index in [0.29, 0.717) is 50.8 Å². The van der Waals surface area contributed by atoms with Gasteiger partial charge < -0.3 is 15.2 Å². The fraction of sp³-hybridized carbons (Fsp3) is 0.0833. The minimum Gasteiger partial charge on any atom is -0.505 e. The molecule has 17 nitrogen and oxygen atoms in total. The molecular formula is C48H39N9O8S2. The summed E-state index contributed by atoms with van der Waals surface area (Å²) in [5.41, 5.74) is 7.19. The predicted octanol–water partition coefficient (Wildman–Crippen LogP) is 14.5. The Morgan fingerprint density at radius 1 is 0.448 bits per heavy atom. The zero-order chi connectivity index (χ0) is 47.5. The number of nitrogens with one attached hydrogen (secondary N) is 1. The fourth-order valence-corrected chi connectivity index (χ4v) is 8.31. The number of methoxy groups -OCH3 is 1. The molecule has 0 aliphatic heterocycles. The van der Waals surface area contributed by atoms with Gasteiger partial charge in [-0.15, -0.1) is 10.2 Å². The summed E-state index contributed by atoms with van der Waals surface area (Å²) in [6.07, 6.45) is 0. The molecule has 0 atom stereocenters. The molecule has 19 heteroatoms. The van der Waals surface area contributed by atoms with Gasteiger partial charge in [0, 0.05) is 22.1 Å². The van der Waals surface area contributed by atoms with Gasteiger partial charge in [-0.05, 0) is 170 Å². The van der Waals surface area contributed by atoms with Crippen molar-refractivity contribution in [3.8, 4) is 11.5 Å². The van der Waals surface area contributed by atoms with E-state index in [-0.39, 0.29) is 22.2 Å². The molecule has 0 amide bonds. The van der Waals surface area contributed by atoms with Crippen molar-refractivity contribution in [1.82, 2.24) is 0 Å². The Kier molecular flexibility index (Phi) is 12.7. The number of nitrogens with zero attached hydrogens (tertiary/aromatic N) is 8. The van der Waals surface area contributed by atoms with Crippen LogP contribution in [-0.2, 0) is 20.2 Å². The van der Waals surface area contributed by atoms with Crippen molar-refractivity contribution in [2.45, 2.75) is 30.6 Å². The van der Waals surface area contributed by atoms with Gasteiger partial charge >= 0.3 is 0 Å². The van der Waals surface area contributed by atoms with E-state index in [0.717, 1.165) is 51.8 Å². The number of phenols is 1. The second-order valence-corrected chi connectivity index (χ2v) is 18.0. The van der Waals surface area contributed by atoms with E-state index in [9.17, 15) is 31.0 Å². The third-order valence-electron chi connectivity index (χ3n) is 10.5. The third-order valence-corrected chi connectivity index (χ3v) is 12.2. The van der Waals surface area contributed by atoms with E-state index in [1.165, 1.54) is 12.1 Å². The molecule has 8 aromatic rings. The van der Waals surface area contributed by atoms with Crippen LogP contribution in [0.2, 0.25) is 0 Å². The van der Waals surface area contributed by atoms with Gasteiger partial charge in [-0.1, -0.05) is 18.2 Å². The summed E-state index contributed by atoms with van der Waals surface area (Å²) in [5.74, 6) is 0.795. The number of phenolic OH excluding ortho intramolecular Hbond substituents is 1. The molecule has 0 fully saturated rings. The van der Waals surface area contributed by atoms with Gasteiger partial charge in [0.2, 0.25) is 0 Å². The first-order valence-corrected chi connectivity index (χ1v) is 23.1. The SMILES string of the molecule is COc1ccc(Nc2ccc3c(O)c(N=Nc4ccc(N=Nc5ccc(N=Nc6ccc(N=Nc7cc8c(S(=O)(=O)O)cccc8cc7S(=O)(=O)O)c(C)c6)c(C)c5)c(C)c4)ccc3c2)cc1. The largest absolute Gasteiger partial charge is 0.505 e. The van der Waals surface area contributed by atoms with Crippen molar-refractivity contribution in [2.24, 2.45) is 40.9 Å². The van der Waals surface area contributed by atoms with Gasteiger partial charge in [-0.3, -0.25) is 9.11 Å². The molecular weight excluding hydrogens is 895 g/mol. The van der Waals surface area contributed by atoms with Crippen LogP contribution in [0.25, 0.3) is 21.5 Å². The second kappa shape index (κ2) is 18.8. The predicted molar refractivity (Wildman–Crippen MR) is 256 cm³/mol. The normalized spacial score (nSPS) is 12.4. The van der Waals surface area contributed by atoms with Crippen molar-refractivity contribution in [3.05, 3.63) is 156 Å². The smallest absolute Gasteiger partial charge is 0.296 e. The maximum absolute atomic E-state index is 12.2. The maximum atomic E-state index is 12.2. The lowest BCUT2D eigenvalue weighted by atomic mass is 10.1. The lowest BCUT2D eigenvalue weighted by Gasteiger charge is -2.10.